The number of hydrogen-bond donors (Lipinski definition) is 1. The molecule has 0 bridgehead atoms. The van der Waals surface area contributed by atoms with Gasteiger partial charge < -0.3 is 15.0 Å². The molecule has 0 saturated heterocycles. The molecule has 0 aliphatic heterocycles. The van der Waals surface area contributed by atoms with Crippen LogP contribution in [0.25, 0.3) is 0 Å². The Balaban J connectivity index is 2.31. The monoisotopic (exact) mass is 264 g/mol. The van der Waals surface area contributed by atoms with Crippen LogP contribution >= 0.6 is 0 Å². The van der Waals surface area contributed by atoms with Crippen molar-refractivity contribution >= 4 is 11.6 Å². The van der Waals surface area contributed by atoms with Crippen molar-refractivity contribution in [2.45, 2.75) is 26.2 Å². The van der Waals surface area contributed by atoms with Crippen LogP contribution in [0.2, 0.25) is 0 Å². The fourth-order valence-corrected chi connectivity index (χ4v) is 1.76. The number of hydrogen-bond acceptors (Lipinski definition) is 3. The molecule has 0 aliphatic rings. The van der Waals surface area contributed by atoms with Gasteiger partial charge in [-0.1, -0.05) is 19.4 Å². The topological polar surface area (TPSA) is 41.6 Å². The van der Waals surface area contributed by atoms with E-state index in [1.165, 1.54) is 0 Å². The van der Waals surface area contributed by atoms with Crippen molar-refractivity contribution in [3.8, 4) is 5.75 Å². The van der Waals surface area contributed by atoms with Crippen LogP contribution in [-0.4, -0.2) is 38.1 Å². The van der Waals surface area contributed by atoms with E-state index in [4.69, 9.17) is 4.74 Å². The van der Waals surface area contributed by atoms with E-state index in [0.29, 0.717) is 13.0 Å². The molecule has 1 aromatic carbocycles. The largest absolute Gasteiger partial charge is 0.497 e. The third-order valence-electron chi connectivity index (χ3n) is 3.01. The highest BCUT2D eigenvalue weighted by Gasteiger charge is 2.07. The van der Waals surface area contributed by atoms with Gasteiger partial charge in [0.05, 0.1) is 7.11 Å². The lowest BCUT2D eigenvalue weighted by Gasteiger charge is -2.17. The molecule has 1 rings (SSSR count). The number of ether oxygens (including phenoxy) is 1. The first kappa shape index (κ1) is 15.3. The SMILES string of the molecule is CCCCN(C)C(=O)CCNc1cccc(OC)c1. The van der Waals surface area contributed by atoms with Crippen LogP contribution in [0.3, 0.4) is 0 Å². The number of nitrogens with zero attached hydrogens (tertiary/aromatic N) is 1. The first-order valence-electron chi connectivity index (χ1n) is 6.79. The van der Waals surface area contributed by atoms with Gasteiger partial charge in [-0.25, -0.2) is 0 Å². The minimum atomic E-state index is 0.184. The summed E-state index contributed by atoms with van der Waals surface area (Å²) >= 11 is 0. The molecule has 0 saturated carbocycles. The van der Waals surface area contributed by atoms with Gasteiger partial charge in [0.25, 0.3) is 0 Å². The Bertz CT molecular complexity index is 393. The van der Waals surface area contributed by atoms with Gasteiger partial charge >= 0.3 is 0 Å². The van der Waals surface area contributed by atoms with Gasteiger partial charge in [-0.3, -0.25) is 4.79 Å². The molecule has 0 unspecified atom stereocenters. The molecule has 106 valence electrons. The lowest BCUT2D eigenvalue weighted by atomic mass is 10.2. The molecule has 0 aromatic heterocycles. The number of anilines is 1. The molecule has 4 nitrogen and oxygen atoms in total. The Morgan fingerprint density at radius 3 is 2.89 bits per heavy atom. The quantitative estimate of drug-likeness (QED) is 0.785. The summed E-state index contributed by atoms with van der Waals surface area (Å²) in [6.07, 6.45) is 2.68. The zero-order chi connectivity index (χ0) is 14.1. The Hall–Kier alpha value is -1.71. The first-order valence-corrected chi connectivity index (χ1v) is 6.79. The average molecular weight is 264 g/mol. The summed E-state index contributed by atoms with van der Waals surface area (Å²) in [7, 11) is 3.51. The lowest BCUT2D eigenvalue weighted by Crippen LogP contribution is -2.29. The molecule has 0 atom stereocenters. The van der Waals surface area contributed by atoms with Crippen LogP contribution in [-0.2, 0) is 4.79 Å². The number of carbonyl (C=O) groups excluding carboxylic acids is 1. The zero-order valence-corrected chi connectivity index (χ0v) is 12.1. The maximum absolute atomic E-state index is 11.8. The third kappa shape index (κ3) is 5.64. The second-order valence-corrected chi connectivity index (χ2v) is 4.58. The van der Waals surface area contributed by atoms with E-state index >= 15 is 0 Å². The van der Waals surface area contributed by atoms with E-state index in [1.54, 1.807) is 12.0 Å². The van der Waals surface area contributed by atoms with Gasteiger partial charge in [-0.2, -0.15) is 0 Å². The second kappa shape index (κ2) is 8.40. The van der Waals surface area contributed by atoms with Crippen molar-refractivity contribution in [3.05, 3.63) is 24.3 Å². The average Bonchev–Trinajstić information content (AvgIpc) is 2.44. The zero-order valence-electron chi connectivity index (χ0n) is 12.1. The number of nitrogens with one attached hydrogen (secondary N) is 1. The third-order valence-corrected chi connectivity index (χ3v) is 3.01. The van der Waals surface area contributed by atoms with E-state index in [1.807, 2.05) is 31.3 Å². The highest BCUT2D eigenvalue weighted by atomic mass is 16.5. The van der Waals surface area contributed by atoms with Crippen LogP contribution in [0.5, 0.6) is 5.75 Å². The van der Waals surface area contributed by atoms with Crippen LogP contribution in [0.15, 0.2) is 24.3 Å². The van der Waals surface area contributed by atoms with Crippen molar-refractivity contribution in [1.82, 2.24) is 4.90 Å². The molecule has 19 heavy (non-hydrogen) atoms. The van der Waals surface area contributed by atoms with Gasteiger partial charge in [0, 0.05) is 38.3 Å². The summed E-state index contributed by atoms with van der Waals surface area (Å²) in [4.78, 5) is 13.6. The molecule has 4 heteroatoms. The van der Waals surface area contributed by atoms with Gasteiger partial charge in [0.1, 0.15) is 5.75 Å². The predicted molar refractivity (Wildman–Crippen MR) is 78.6 cm³/mol. The van der Waals surface area contributed by atoms with Crippen LogP contribution in [0.4, 0.5) is 5.69 Å². The van der Waals surface area contributed by atoms with Crippen molar-refractivity contribution in [3.63, 3.8) is 0 Å². The summed E-state index contributed by atoms with van der Waals surface area (Å²) in [6.45, 7) is 3.61. The Morgan fingerprint density at radius 2 is 2.21 bits per heavy atom. The standard InChI is InChI=1S/C15H24N2O2/c1-4-5-11-17(2)15(18)9-10-16-13-7-6-8-14(12-13)19-3/h6-8,12,16H,4-5,9-11H2,1-3H3. The number of benzene rings is 1. The second-order valence-electron chi connectivity index (χ2n) is 4.58. The van der Waals surface area contributed by atoms with Crippen molar-refractivity contribution in [1.29, 1.82) is 0 Å². The minimum Gasteiger partial charge on any atom is -0.497 e. The minimum absolute atomic E-state index is 0.184. The predicted octanol–water partition coefficient (Wildman–Crippen LogP) is 2.76. The fourth-order valence-electron chi connectivity index (χ4n) is 1.76. The maximum atomic E-state index is 11.8. The molecule has 0 fully saturated rings. The highest BCUT2D eigenvalue weighted by molar-refractivity contribution is 5.76. The van der Waals surface area contributed by atoms with E-state index in [0.717, 1.165) is 30.8 Å². The molecule has 1 aromatic rings. The van der Waals surface area contributed by atoms with Crippen molar-refractivity contribution in [2.24, 2.45) is 0 Å². The van der Waals surface area contributed by atoms with E-state index in [9.17, 15) is 4.79 Å². The first-order chi connectivity index (χ1) is 9.17. The number of amides is 1. The number of rotatable bonds is 8. The maximum Gasteiger partial charge on any atom is 0.224 e. The van der Waals surface area contributed by atoms with Crippen LogP contribution in [0.1, 0.15) is 26.2 Å². The number of unbranched alkanes of at least 4 members (excludes halogenated alkanes) is 1. The van der Waals surface area contributed by atoms with E-state index < -0.39 is 0 Å². The van der Waals surface area contributed by atoms with Gasteiger partial charge in [-0.05, 0) is 18.6 Å². The molecule has 0 heterocycles. The lowest BCUT2D eigenvalue weighted by molar-refractivity contribution is -0.129. The van der Waals surface area contributed by atoms with Crippen LogP contribution in [0, 0.1) is 0 Å². The highest BCUT2D eigenvalue weighted by Crippen LogP contribution is 2.16. The molecular weight excluding hydrogens is 240 g/mol. The summed E-state index contributed by atoms with van der Waals surface area (Å²) in [6, 6.07) is 7.71. The summed E-state index contributed by atoms with van der Waals surface area (Å²) in [5.74, 6) is 1.00. The normalized spacial score (nSPS) is 10.1. The van der Waals surface area contributed by atoms with E-state index in [-0.39, 0.29) is 5.91 Å². The van der Waals surface area contributed by atoms with Gasteiger partial charge in [0.2, 0.25) is 5.91 Å². The Kier molecular flexibility index (Phi) is 6.79. The van der Waals surface area contributed by atoms with Gasteiger partial charge in [-0.15, -0.1) is 0 Å². The number of methoxy groups -OCH3 is 1. The summed E-state index contributed by atoms with van der Waals surface area (Å²) in [5.41, 5.74) is 0.975. The smallest absolute Gasteiger partial charge is 0.224 e. The Labute approximate surface area is 115 Å². The number of carbonyl (C=O) groups is 1. The molecule has 0 spiro atoms. The van der Waals surface area contributed by atoms with Gasteiger partial charge in [0.15, 0.2) is 0 Å². The van der Waals surface area contributed by atoms with Crippen LogP contribution < -0.4 is 10.1 Å². The molecule has 0 radical (unpaired) electrons. The molecule has 1 N–H and O–H groups in total. The van der Waals surface area contributed by atoms with Crippen molar-refractivity contribution < 1.29 is 9.53 Å². The molecule has 1 amide bonds. The molecular formula is C15H24N2O2. The summed E-state index contributed by atoms with van der Waals surface area (Å²) < 4.78 is 5.15. The fraction of sp³-hybridized carbons (Fsp3) is 0.533. The van der Waals surface area contributed by atoms with Crippen molar-refractivity contribution in [2.75, 3.05) is 32.6 Å². The van der Waals surface area contributed by atoms with E-state index in [2.05, 4.69) is 12.2 Å². The Morgan fingerprint density at radius 1 is 1.42 bits per heavy atom. The molecule has 0 aliphatic carbocycles. The summed E-state index contributed by atoms with van der Waals surface area (Å²) in [5, 5.41) is 3.23.